The number of carbonyl (C=O) groups is 1. The molecule has 0 aliphatic carbocycles. The van der Waals surface area contributed by atoms with E-state index in [0.717, 1.165) is 23.9 Å². The van der Waals surface area contributed by atoms with E-state index < -0.39 is 5.97 Å². The van der Waals surface area contributed by atoms with Crippen molar-refractivity contribution in [1.29, 1.82) is 0 Å². The first-order valence-corrected chi connectivity index (χ1v) is 13.4. The Labute approximate surface area is 245 Å². The van der Waals surface area contributed by atoms with Crippen LogP contribution in [0.4, 0.5) is 11.5 Å². The summed E-state index contributed by atoms with van der Waals surface area (Å²) in [5.41, 5.74) is 2.94. The number of nitrogens with one attached hydrogen (secondary N) is 1. The van der Waals surface area contributed by atoms with Crippen LogP contribution in [-0.2, 0) is 16.1 Å². The van der Waals surface area contributed by atoms with Crippen molar-refractivity contribution in [3.63, 3.8) is 0 Å². The number of methoxy groups -OCH3 is 3. The molecule has 0 saturated heterocycles. The van der Waals surface area contributed by atoms with Crippen molar-refractivity contribution in [3.8, 4) is 23.0 Å². The zero-order valence-electron chi connectivity index (χ0n) is 24.5. The van der Waals surface area contributed by atoms with E-state index in [1.807, 2.05) is 62.6 Å². The Morgan fingerprint density at radius 3 is 2.43 bits per heavy atom. The fourth-order valence-corrected chi connectivity index (χ4v) is 4.20. The number of fused-ring (bicyclic) bond motifs is 1. The van der Waals surface area contributed by atoms with Gasteiger partial charge in [-0.3, -0.25) is 0 Å². The predicted octanol–water partition coefficient (Wildman–Crippen LogP) is 5.49. The molecule has 0 aliphatic heterocycles. The molecule has 0 radical (unpaired) electrons. The molecule has 3 aromatic carbocycles. The highest BCUT2D eigenvalue weighted by atomic mass is 16.5. The molecule has 4 rings (SSSR count). The molecule has 0 spiro atoms. The van der Waals surface area contributed by atoms with Crippen molar-refractivity contribution in [2.24, 2.45) is 0 Å². The van der Waals surface area contributed by atoms with Crippen molar-refractivity contribution < 1.29 is 28.5 Å². The maximum absolute atomic E-state index is 11.8. The maximum Gasteiger partial charge on any atom is 0.330 e. The fraction of sp³-hybridized carbons (Fsp3) is 0.281. The summed E-state index contributed by atoms with van der Waals surface area (Å²) in [6, 6.07) is 17.2. The summed E-state index contributed by atoms with van der Waals surface area (Å²) >= 11 is 0. The van der Waals surface area contributed by atoms with Gasteiger partial charge in [0.1, 0.15) is 18.8 Å². The van der Waals surface area contributed by atoms with E-state index in [1.54, 1.807) is 26.4 Å². The summed E-state index contributed by atoms with van der Waals surface area (Å²) in [7, 11) is 8.55. The molecule has 4 aromatic rings. The van der Waals surface area contributed by atoms with Crippen LogP contribution in [0.1, 0.15) is 17.5 Å². The lowest BCUT2D eigenvalue weighted by Gasteiger charge is -2.18. The van der Waals surface area contributed by atoms with E-state index in [2.05, 4.69) is 20.2 Å². The lowest BCUT2D eigenvalue weighted by atomic mass is 10.1. The lowest BCUT2D eigenvalue weighted by molar-refractivity contribution is -0.134. The highest BCUT2D eigenvalue weighted by Gasteiger charge is 2.17. The second kappa shape index (κ2) is 14.7. The first kappa shape index (κ1) is 30.1. The van der Waals surface area contributed by atoms with Gasteiger partial charge in [0, 0.05) is 24.1 Å². The van der Waals surface area contributed by atoms with Gasteiger partial charge in [0.05, 0.1) is 39.1 Å². The van der Waals surface area contributed by atoms with Crippen LogP contribution in [0.2, 0.25) is 0 Å². The average molecular weight is 573 g/mol. The second-order valence-electron chi connectivity index (χ2n) is 9.60. The number of carbonyl (C=O) groups excluding carboxylic acids is 1. The molecule has 0 amide bonds. The van der Waals surface area contributed by atoms with E-state index in [9.17, 15) is 4.79 Å². The Hall–Kier alpha value is -4.83. The molecule has 0 aliphatic rings. The van der Waals surface area contributed by atoms with Crippen LogP contribution >= 0.6 is 0 Å². The molecular weight excluding hydrogens is 536 g/mol. The third kappa shape index (κ3) is 7.88. The zero-order valence-corrected chi connectivity index (χ0v) is 24.5. The molecule has 10 heteroatoms. The standard InChI is InChI=1S/C32H36N4O6/c1-36(2)14-9-15-41-28-18-24-25(19-27(28)38-3)33-21-34-32(24)35-26-16-23(12-13-30(37)40-5)17-29(39-4)31(26)42-20-22-10-7-6-8-11-22/h6-8,10-13,16-19,21H,9,14-15,20H2,1-5H3,(H,33,34,35)/b13-12+. The minimum absolute atomic E-state index is 0.315. The van der Waals surface area contributed by atoms with Crippen LogP contribution in [0.5, 0.6) is 23.0 Å². The van der Waals surface area contributed by atoms with Crippen molar-refractivity contribution in [2.45, 2.75) is 13.0 Å². The molecule has 0 atom stereocenters. The van der Waals surface area contributed by atoms with E-state index >= 15 is 0 Å². The first-order chi connectivity index (χ1) is 20.4. The molecule has 0 fully saturated rings. The van der Waals surface area contributed by atoms with Gasteiger partial charge in [-0.25, -0.2) is 14.8 Å². The molecule has 0 saturated carbocycles. The fourth-order valence-electron chi connectivity index (χ4n) is 4.20. The average Bonchev–Trinajstić information content (AvgIpc) is 3.01. The van der Waals surface area contributed by atoms with Crippen molar-refractivity contribution in [1.82, 2.24) is 14.9 Å². The van der Waals surface area contributed by atoms with Crippen molar-refractivity contribution in [3.05, 3.63) is 78.1 Å². The SMILES string of the molecule is COC(=O)/C=C/c1cc(Nc2ncnc3cc(OC)c(OCCCN(C)C)cc23)c(OCc2ccccc2)c(OC)c1. The van der Waals surface area contributed by atoms with Crippen LogP contribution in [0, 0.1) is 0 Å². The molecule has 0 unspecified atom stereocenters. The molecular formula is C32H36N4O6. The van der Waals surface area contributed by atoms with Gasteiger partial charge in [0.15, 0.2) is 23.0 Å². The van der Waals surface area contributed by atoms with Gasteiger partial charge >= 0.3 is 5.97 Å². The van der Waals surface area contributed by atoms with Gasteiger partial charge in [-0.15, -0.1) is 0 Å². The Kier molecular flexibility index (Phi) is 10.5. The Bertz CT molecular complexity index is 1520. The molecule has 220 valence electrons. The summed E-state index contributed by atoms with van der Waals surface area (Å²) in [6.45, 7) is 1.75. The number of anilines is 2. The Morgan fingerprint density at radius 2 is 1.71 bits per heavy atom. The van der Waals surface area contributed by atoms with Crippen LogP contribution < -0.4 is 24.3 Å². The van der Waals surface area contributed by atoms with Gasteiger partial charge in [0.25, 0.3) is 0 Å². The molecule has 1 heterocycles. The first-order valence-electron chi connectivity index (χ1n) is 13.4. The summed E-state index contributed by atoms with van der Waals surface area (Å²) < 4.78 is 28.4. The van der Waals surface area contributed by atoms with Gasteiger partial charge in [-0.05, 0) is 55.9 Å². The highest BCUT2D eigenvalue weighted by Crippen LogP contribution is 2.41. The summed E-state index contributed by atoms with van der Waals surface area (Å²) in [4.78, 5) is 22.9. The predicted molar refractivity (Wildman–Crippen MR) is 163 cm³/mol. The monoisotopic (exact) mass is 572 g/mol. The highest BCUT2D eigenvalue weighted by molar-refractivity contribution is 5.94. The second-order valence-corrected chi connectivity index (χ2v) is 9.60. The van der Waals surface area contributed by atoms with Crippen molar-refractivity contribution >= 4 is 34.5 Å². The van der Waals surface area contributed by atoms with Crippen molar-refractivity contribution in [2.75, 3.05) is 53.9 Å². The number of ether oxygens (including phenoxy) is 5. The molecule has 10 nitrogen and oxygen atoms in total. The number of benzene rings is 3. The smallest absolute Gasteiger partial charge is 0.330 e. The van der Waals surface area contributed by atoms with E-state index in [-0.39, 0.29) is 0 Å². The van der Waals surface area contributed by atoms with Gasteiger partial charge in [0.2, 0.25) is 0 Å². The summed E-state index contributed by atoms with van der Waals surface area (Å²) in [5, 5.41) is 4.13. The maximum atomic E-state index is 11.8. The lowest BCUT2D eigenvalue weighted by Crippen LogP contribution is -2.15. The topological polar surface area (TPSA) is 104 Å². The number of hydrogen-bond acceptors (Lipinski definition) is 10. The van der Waals surface area contributed by atoms with Gasteiger partial charge in [-0.2, -0.15) is 0 Å². The van der Waals surface area contributed by atoms with Crippen LogP contribution in [0.15, 0.2) is 67.0 Å². The van der Waals surface area contributed by atoms with E-state index in [1.165, 1.54) is 19.5 Å². The minimum atomic E-state index is -0.471. The molecule has 0 bridgehead atoms. The summed E-state index contributed by atoms with van der Waals surface area (Å²) in [6.07, 6.45) is 5.32. The number of nitrogens with zero attached hydrogens (tertiary/aromatic N) is 3. The van der Waals surface area contributed by atoms with E-state index in [0.29, 0.717) is 58.8 Å². The quantitative estimate of drug-likeness (QED) is 0.119. The summed E-state index contributed by atoms with van der Waals surface area (Å²) in [5.74, 6) is 2.20. The van der Waals surface area contributed by atoms with Crippen LogP contribution in [-0.4, -0.2) is 69.4 Å². The number of rotatable bonds is 14. The van der Waals surface area contributed by atoms with Crippen LogP contribution in [0.3, 0.4) is 0 Å². The van der Waals surface area contributed by atoms with Gasteiger partial charge < -0.3 is 33.9 Å². The van der Waals surface area contributed by atoms with Gasteiger partial charge in [-0.1, -0.05) is 30.3 Å². The number of aromatic nitrogens is 2. The number of esters is 1. The zero-order chi connectivity index (χ0) is 29.9. The Balaban J connectivity index is 1.74. The largest absolute Gasteiger partial charge is 0.493 e. The Morgan fingerprint density at radius 1 is 0.929 bits per heavy atom. The third-order valence-electron chi connectivity index (χ3n) is 6.32. The number of hydrogen-bond donors (Lipinski definition) is 1. The van der Waals surface area contributed by atoms with Crippen LogP contribution in [0.25, 0.3) is 17.0 Å². The third-order valence-corrected chi connectivity index (χ3v) is 6.32. The normalized spacial score (nSPS) is 11.1. The van der Waals surface area contributed by atoms with E-state index in [4.69, 9.17) is 23.7 Å². The molecule has 1 N–H and O–H groups in total. The molecule has 1 aromatic heterocycles. The minimum Gasteiger partial charge on any atom is -0.493 e. The molecule has 42 heavy (non-hydrogen) atoms.